The van der Waals surface area contributed by atoms with E-state index < -0.39 is 0 Å². The number of anilines is 3. The van der Waals surface area contributed by atoms with Crippen molar-refractivity contribution in [1.29, 1.82) is 0 Å². The molecule has 2 heterocycles. The van der Waals surface area contributed by atoms with Crippen LogP contribution in [0.25, 0.3) is 82.7 Å². The van der Waals surface area contributed by atoms with Crippen molar-refractivity contribution in [2.24, 2.45) is 0 Å². The molecule has 55 heavy (non-hydrogen) atoms. The SMILES string of the molecule is c1ccc(-c2cccc(N(c3cc4c(c5ccccc35)c3ccccc3n4-c3ccccc3)c3cccc4nc(-c5ccc6ccccc6c5)oc34)c2)cc1. The second-order valence-corrected chi connectivity index (χ2v) is 14.0. The van der Waals surface area contributed by atoms with Gasteiger partial charge < -0.3 is 13.9 Å². The Labute approximate surface area is 317 Å². The first-order valence-electron chi connectivity index (χ1n) is 18.6. The molecule has 0 aliphatic rings. The molecule has 4 nitrogen and oxygen atoms in total. The van der Waals surface area contributed by atoms with Gasteiger partial charge in [0.05, 0.1) is 22.4 Å². The quantitative estimate of drug-likeness (QED) is 0.173. The molecule has 0 unspecified atom stereocenters. The molecular weight excluding hydrogens is 671 g/mol. The lowest BCUT2D eigenvalue weighted by atomic mass is 10.00. The number of nitrogens with zero attached hydrogens (tertiary/aromatic N) is 3. The predicted molar refractivity (Wildman–Crippen MR) is 229 cm³/mol. The summed E-state index contributed by atoms with van der Waals surface area (Å²) in [6.07, 6.45) is 0. The van der Waals surface area contributed by atoms with E-state index in [1.54, 1.807) is 0 Å². The van der Waals surface area contributed by atoms with Gasteiger partial charge in [-0.15, -0.1) is 0 Å². The average molecular weight is 704 g/mol. The fourth-order valence-corrected chi connectivity index (χ4v) is 8.27. The first-order valence-corrected chi connectivity index (χ1v) is 18.6. The van der Waals surface area contributed by atoms with Crippen LogP contribution in [-0.2, 0) is 0 Å². The molecule has 0 aliphatic heterocycles. The summed E-state index contributed by atoms with van der Waals surface area (Å²) in [5, 5.41) is 7.11. The van der Waals surface area contributed by atoms with Gasteiger partial charge in [-0.3, -0.25) is 0 Å². The third kappa shape index (κ3) is 5.11. The Morgan fingerprint density at radius 3 is 1.98 bits per heavy atom. The zero-order valence-electron chi connectivity index (χ0n) is 29.8. The largest absolute Gasteiger partial charge is 0.434 e. The summed E-state index contributed by atoms with van der Waals surface area (Å²) in [6.45, 7) is 0. The summed E-state index contributed by atoms with van der Waals surface area (Å²) in [4.78, 5) is 7.44. The van der Waals surface area contributed by atoms with Crippen molar-refractivity contribution in [3.05, 3.63) is 200 Å². The number of rotatable bonds is 6. The van der Waals surface area contributed by atoms with E-state index >= 15 is 0 Å². The van der Waals surface area contributed by atoms with Gasteiger partial charge in [-0.2, -0.15) is 0 Å². The van der Waals surface area contributed by atoms with Gasteiger partial charge in [0.2, 0.25) is 5.89 Å². The van der Waals surface area contributed by atoms with E-state index in [1.807, 2.05) is 6.07 Å². The first-order chi connectivity index (χ1) is 27.3. The minimum atomic E-state index is 0.593. The lowest BCUT2D eigenvalue weighted by Gasteiger charge is -2.28. The number of fused-ring (bicyclic) bond motifs is 7. The Hall–Kier alpha value is -7.43. The molecule has 0 aliphatic carbocycles. The first kappa shape index (κ1) is 31.1. The van der Waals surface area contributed by atoms with Crippen LogP contribution in [0.4, 0.5) is 17.1 Å². The van der Waals surface area contributed by atoms with Gasteiger partial charge >= 0.3 is 0 Å². The third-order valence-electron chi connectivity index (χ3n) is 10.8. The van der Waals surface area contributed by atoms with Crippen LogP contribution in [0.5, 0.6) is 0 Å². The van der Waals surface area contributed by atoms with Crippen LogP contribution < -0.4 is 4.90 Å². The topological polar surface area (TPSA) is 34.2 Å². The van der Waals surface area contributed by atoms with Crippen molar-refractivity contribution < 1.29 is 4.42 Å². The Bertz CT molecular complexity index is 3210. The molecule has 0 saturated heterocycles. The van der Waals surface area contributed by atoms with Crippen LogP contribution in [0.1, 0.15) is 0 Å². The van der Waals surface area contributed by atoms with Crippen molar-refractivity contribution in [2.75, 3.05) is 4.90 Å². The van der Waals surface area contributed by atoms with E-state index in [-0.39, 0.29) is 0 Å². The van der Waals surface area contributed by atoms with E-state index in [1.165, 1.54) is 27.1 Å². The van der Waals surface area contributed by atoms with Crippen molar-refractivity contribution in [3.63, 3.8) is 0 Å². The second kappa shape index (κ2) is 12.6. The van der Waals surface area contributed by atoms with Gasteiger partial charge in [-0.1, -0.05) is 140 Å². The number of benzene rings is 9. The number of para-hydroxylation sites is 3. The molecule has 0 fully saturated rings. The fraction of sp³-hybridized carbons (Fsp3) is 0. The lowest BCUT2D eigenvalue weighted by molar-refractivity contribution is 0.620. The third-order valence-corrected chi connectivity index (χ3v) is 10.8. The Morgan fingerprint density at radius 2 is 1.13 bits per heavy atom. The highest BCUT2D eigenvalue weighted by Gasteiger charge is 2.25. The molecule has 0 N–H and O–H groups in total. The van der Waals surface area contributed by atoms with Crippen molar-refractivity contribution in [1.82, 2.24) is 9.55 Å². The summed E-state index contributed by atoms with van der Waals surface area (Å²) >= 11 is 0. The number of hydrogen-bond acceptors (Lipinski definition) is 3. The fourth-order valence-electron chi connectivity index (χ4n) is 8.27. The van der Waals surface area contributed by atoms with Crippen molar-refractivity contribution >= 4 is 71.5 Å². The smallest absolute Gasteiger partial charge is 0.227 e. The van der Waals surface area contributed by atoms with E-state index in [0.29, 0.717) is 5.89 Å². The van der Waals surface area contributed by atoms with E-state index in [4.69, 9.17) is 9.40 Å². The zero-order chi connectivity index (χ0) is 36.3. The summed E-state index contributed by atoms with van der Waals surface area (Å²) in [6, 6.07) is 71.0. The zero-order valence-corrected chi connectivity index (χ0v) is 29.8. The van der Waals surface area contributed by atoms with Gasteiger partial charge in [0.1, 0.15) is 5.52 Å². The van der Waals surface area contributed by atoms with Crippen molar-refractivity contribution in [2.45, 2.75) is 0 Å². The standard InChI is InChI=1S/C51H33N3O/c1-3-15-34(16-4-1)37-19-13-22-40(32-37)54(46-28-14-26-44-50(46)55-51(52-44)38-30-29-35-17-7-8-18-36(35)31-38)47-33-48-49(42-24-10-9-23-41(42)47)43-25-11-12-27-45(43)53(48)39-20-5-2-6-21-39/h1-33H. The van der Waals surface area contributed by atoms with Crippen LogP contribution in [0.3, 0.4) is 0 Å². The molecule has 0 saturated carbocycles. The predicted octanol–water partition coefficient (Wildman–Crippen LogP) is 14.0. The van der Waals surface area contributed by atoms with E-state index in [9.17, 15) is 0 Å². The van der Waals surface area contributed by atoms with Crippen molar-refractivity contribution in [3.8, 4) is 28.3 Å². The molecular formula is C51H33N3O. The highest BCUT2D eigenvalue weighted by molar-refractivity contribution is 6.25. The number of aromatic nitrogens is 2. The van der Waals surface area contributed by atoms with Crippen LogP contribution in [0.2, 0.25) is 0 Å². The van der Waals surface area contributed by atoms with Gasteiger partial charge in [-0.25, -0.2) is 4.98 Å². The lowest BCUT2D eigenvalue weighted by Crippen LogP contribution is -2.11. The Balaban J connectivity index is 1.22. The number of oxazole rings is 1. The molecule has 4 heteroatoms. The molecule has 0 bridgehead atoms. The van der Waals surface area contributed by atoms with Crippen LogP contribution >= 0.6 is 0 Å². The number of hydrogen-bond donors (Lipinski definition) is 0. The Morgan fingerprint density at radius 1 is 0.436 bits per heavy atom. The van der Waals surface area contributed by atoms with Crippen LogP contribution in [-0.4, -0.2) is 9.55 Å². The summed E-state index contributed by atoms with van der Waals surface area (Å²) in [5.74, 6) is 0.593. The molecule has 0 atom stereocenters. The highest BCUT2D eigenvalue weighted by atomic mass is 16.3. The summed E-state index contributed by atoms with van der Waals surface area (Å²) < 4.78 is 9.25. The molecule has 0 spiro atoms. The maximum absolute atomic E-state index is 6.86. The molecule has 9 aromatic carbocycles. The molecule has 258 valence electrons. The van der Waals surface area contributed by atoms with Gasteiger partial charge in [0.15, 0.2) is 5.58 Å². The monoisotopic (exact) mass is 703 g/mol. The molecule has 2 aromatic heterocycles. The van der Waals surface area contributed by atoms with E-state index in [0.717, 1.165) is 66.8 Å². The minimum absolute atomic E-state index is 0.593. The molecule has 0 radical (unpaired) electrons. The minimum Gasteiger partial charge on any atom is -0.434 e. The highest BCUT2D eigenvalue weighted by Crippen LogP contribution is 2.47. The Kier molecular flexibility index (Phi) is 7.14. The second-order valence-electron chi connectivity index (χ2n) is 14.0. The van der Waals surface area contributed by atoms with Gasteiger partial charge in [0.25, 0.3) is 0 Å². The average Bonchev–Trinajstić information content (AvgIpc) is 3.85. The molecule has 0 amide bonds. The molecule has 11 aromatic rings. The van der Waals surface area contributed by atoms with Crippen LogP contribution in [0.15, 0.2) is 205 Å². The van der Waals surface area contributed by atoms with Gasteiger partial charge in [-0.05, 0) is 87.9 Å². The molecule has 11 rings (SSSR count). The van der Waals surface area contributed by atoms with Crippen LogP contribution in [0, 0.1) is 0 Å². The van der Waals surface area contributed by atoms with Gasteiger partial charge in [0, 0.05) is 33.1 Å². The summed E-state index contributed by atoms with van der Waals surface area (Å²) in [7, 11) is 0. The normalized spacial score (nSPS) is 11.6. The maximum Gasteiger partial charge on any atom is 0.227 e. The van der Waals surface area contributed by atoms with E-state index in [2.05, 4.69) is 204 Å². The maximum atomic E-state index is 6.86. The summed E-state index contributed by atoms with van der Waals surface area (Å²) in [5.41, 5.74) is 11.1.